The normalized spacial score (nSPS) is 18.4. The summed E-state index contributed by atoms with van der Waals surface area (Å²) in [4.78, 5) is 27.8. The summed E-state index contributed by atoms with van der Waals surface area (Å²) >= 11 is 12.0. The number of carbonyl (C=O) groups excluding carboxylic acids is 2. The molecule has 2 aliphatic heterocycles. The largest absolute Gasteiger partial charge is 0.490 e. The van der Waals surface area contributed by atoms with Crippen molar-refractivity contribution in [3.05, 3.63) is 57.6 Å². The van der Waals surface area contributed by atoms with Crippen LogP contribution in [0.2, 0.25) is 10.0 Å². The summed E-state index contributed by atoms with van der Waals surface area (Å²) in [6, 6.07) is 10.7. The van der Waals surface area contributed by atoms with Gasteiger partial charge in [-0.15, -0.1) is 0 Å². The molecule has 0 aromatic heterocycles. The zero-order chi connectivity index (χ0) is 25.9. The lowest BCUT2D eigenvalue weighted by molar-refractivity contribution is 0.0681. The molecule has 1 N–H and O–H groups in total. The molecule has 2 aromatic rings. The van der Waals surface area contributed by atoms with E-state index in [2.05, 4.69) is 17.1 Å². The van der Waals surface area contributed by atoms with E-state index in [9.17, 15) is 9.59 Å². The maximum absolute atomic E-state index is 12.8. The van der Waals surface area contributed by atoms with Crippen LogP contribution in [0, 0.1) is 0 Å². The average molecular weight is 533 g/mol. The molecule has 1 atom stereocenters. The standard InChI is InChI=1S/C28H34Cl2N2O4/c1-4-20(35-23-8-5-9-24-25(23)26(33)28(2,3)36-24)7-6-14-32-15-12-19(13-16-32)31-27(34)18-10-11-21(29)22(30)17-18/h5,8-11,17,19-20H,4,6-7,12-16H2,1-3H3,(H,31,34). The van der Waals surface area contributed by atoms with Crippen LogP contribution in [0.1, 0.15) is 73.6 Å². The van der Waals surface area contributed by atoms with Crippen LogP contribution in [0.3, 0.4) is 0 Å². The number of ether oxygens (including phenoxy) is 2. The van der Waals surface area contributed by atoms with Crippen molar-refractivity contribution in [2.75, 3.05) is 19.6 Å². The lowest BCUT2D eigenvalue weighted by atomic mass is 9.99. The molecule has 2 aliphatic rings. The van der Waals surface area contributed by atoms with E-state index < -0.39 is 5.60 Å². The molecule has 8 heteroatoms. The molecule has 0 saturated carbocycles. The van der Waals surface area contributed by atoms with Crippen molar-refractivity contribution in [1.82, 2.24) is 10.2 Å². The third kappa shape index (κ3) is 6.16. The molecule has 6 nitrogen and oxygen atoms in total. The molecule has 0 radical (unpaired) electrons. The van der Waals surface area contributed by atoms with Gasteiger partial charge in [-0.1, -0.05) is 36.2 Å². The first-order valence-electron chi connectivity index (χ1n) is 12.7. The molecule has 1 saturated heterocycles. The van der Waals surface area contributed by atoms with Gasteiger partial charge in [-0.05, 0) is 82.8 Å². The Morgan fingerprint density at radius 1 is 1.19 bits per heavy atom. The number of benzene rings is 2. The molecule has 36 heavy (non-hydrogen) atoms. The number of fused-ring (bicyclic) bond motifs is 1. The van der Waals surface area contributed by atoms with Crippen LogP contribution < -0.4 is 14.8 Å². The number of nitrogens with one attached hydrogen (secondary N) is 1. The number of Topliss-reactive ketones (excluding diaryl/α,β-unsaturated/α-hetero) is 1. The van der Waals surface area contributed by atoms with Gasteiger partial charge in [0.25, 0.3) is 5.91 Å². The molecule has 0 bridgehead atoms. The Morgan fingerprint density at radius 3 is 2.64 bits per heavy atom. The number of halogens is 2. The summed E-state index contributed by atoms with van der Waals surface area (Å²) in [6.07, 6.45) is 4.64. The van der Waals surface area contributed by atoms with Gasteiger partial charge >= 0.3 is 0 Å². The zero-order valence-corrected chi connectivity index (χ0v) is 22.6. The van der Waals surface area contributed by atoms with Crippen molar-refractivity contribution in [2.24, 2.45) is 0 Å². The number of hydrogen-bond donors (Lipinski definition) is 1. The maximum atomic E-state index is 12.8. The quantitative estimate of drug-likeness (QED) is 0.417. The number of likely N-dealkylation sites (tertiary alicyclic amines) is 1. The van der Waals surface area contributed by atoms with Crippen molar-refractivity contribution in [2.45, 2.75) is 70.6 Å². The van der Waals surface area contributed by atoms with E-state index >= 15 is 0 Å². The summed E-state index contributed by atoms with van der Waals surface area (Å²) in [7, 11) is 0. The van der Waals surface area contributed by atoms with Crippen LogP contribution >= 0.6 is 23.2 Å². The molecular weight excluding hydrogens is 499 g/mol. The minimum absolute atomic E-state index is 0.0305. The highest BCUT2D eigenvalue weighted by Crippen LogP contribution is 2.40. The van der Waals surface area contributed by atoms with E-state index in [1.165, 1.54) is 0 Å². The summed E-state index contributed by atoms with van der Waals surface area (Å²) in [6.45, 7) is 8.55. The summed E-state index contributed by atoms with van der Waals surface area (Å²) in [5.41, 5.74) is 0.237. The third-order valence-electron chi connectivity index (χ3n) is 6.98. The lowest BCUT2D eigenvalue weighted by Gasteiger charge is -2.32. The van der Waals surface area contributed by atoms with Gasteiger partial charge < -0.3 is 19.7 Å². The van der Waals surface area contributed by atoms with Gasteiger partial charge in [0.15, 0.2) is 5.60 Å². The van der Waals surface area contributed by atoms with Gasteiger partial charge in [-0.25, -0.2) is 0 Å². The molecular formula is C28H34Cl2N2O4. The van der Waals surface area contributed by atoms with E-state index in [1.807, 2.05) is 18.2 Å². The van der Waals surface area contributed by atoms with E-state index in [4.69, 9.17) is 32.7 Å². The number of amides is 1. The molecule has 1 unspecified atom stereocenters. The topological polar surface area (TPSA) is 67.9 Å². The van der Waals surface area contributed by atoms with Crippen LogP contribution in [0.25, 0.3) is 0 Å². The maximum Gasteiger partial charge on any atom is 0.251 e. The second-order valence-electron chi connectivity index (χ2n) is 10.1. The highest BCUT2D eigenvalue weighted by atomic mass is 35.5. The Labute approximate surface area is 223 Å². The minimum Gasteiger partial charge on any atom is -0.490 e. The Hall–Kier alpha value is -2.28. The van der Waals surface area contributed by atoms with E-state index in [-0.39, 0.29) is 23.8 Å². The lowest BCUT2D eigenvalue weighted by Crippen LogP contribution is -2.45. The van der Waals surface area contributed by atoms with Crippen LogP contribution in [0.5, 0.6) is 11.5 Å². The fourth-order valence-electron chi connectivity index (χ4n) is 4.82. The Kier molecular flexibility index (Phi) is 8.48. The van der Waals surface area contributed by atoms with Crippen molar-refractivity contribution in [1.29, 1.82) is 0 Å². The third-order valence-corrected chi connectivity index (χ3v) is 7.72. The van der Waals surface area contributed by atoms with Gasteiger partial charge in [0, 0.05) is 24.7 Å². The monoisotopic (exact) mass is 532 g/mol. The van der Waals surface area contributed by atoms with Gasteiger partial charge in [-0.2, -0.15) is 0 Å². The second-order valence-corrected chi connectivity index (χ2v) is 10.9. The van der Waals surface area contributed by atoms with Crippen molar-refractivity contribution < 1.29 is 19.1 Å². The smallest absolute Gasteiger partial charge is 0.251 e. The molecule has 0 spiro atoms. The molecule has 194 valence electrons. The summed E-state index contributed by atoms with van der Waals surface area (Å²) < 4.78 is 12.1. The van der Waals surface area contributed by atoms with Crippen molar-refractivity contribution in [3.63, 3.8) is 0 Å². The first-order chi connectivity index (χ1) is 17.2. The fourth-order valence-corrected chi connectivity index (χ4v) is 5.11. The predicted molar refractivity (Wildman–Crippen MR) is 143 cm³/mol. The number of piperidine rings is 1. The number of ketones is 1. The molecule has 2 heterocycles. The van der Waals surface area contributed by atoms with Gasteiger partial charge in [-0.3, -0.25) is 9.59 Å². The highest BCUT2D eigenvalue weighted by molar-refractivity contribution is 6.42. The number of carbonyl (C=O) groups is 2. The van der Waals surface area contributed by atoms with E-state index in [1.54, 1.807) is 32.0 Å². The summed E-state index contributed by atoms with van der Waals surface area (Å²) in [5.74, 6) is 1.08. The zero-order valence-electron chi connectivity index (χ0n) is 21.1. The van der Waals surface area contributed by atoms with Crippen LogP contribution in [-0.2, 0) is 0 Å². The molecule has 1 amide bonds. The number of nitrogens with zero attached hydrogens (tertiary/aromatic N) is 1. The number of rotatable bonds is 9. The summed E-state index contributed by atoms with van der Waals surface area (Å²) in [5, 5.41) is 3.94. The number of hydrogen-bond acceptors (Lipinski definition) is 5. The fraction of sp³-hybridized carbons (Fsp3) is 0.500. The minimum atomic E-state index is -0.850. The Balaban J connectivity index is 1.21. The Morgan fingerprint density at radius 2 is 1.94 bits per heavy atom. The average Bonchev–Trinajstić information content (AvgIpc) is 3.09. The van der Waals surface area contributed by atoms with Gasteiger partial charge in [0.05, 0.1) is 16.1 Å². The first-order valence-corrected chi connectivity index (χ1v) is 13.4. The van der Waals surface area contributed by atoms with Crippen LogP contribution in [-0.4, -0.2) is 54.0 Å². The van der Waals surface area contributed by atoms with Crippen molar-refractivity contribution in [3.8, 4) is 11.5 Å². The molecule has 4 rings (SSSR count). The van der Waals surface area contributed by atoms with Crippen LogP contribution in [0.15, 0.2) is 36.4 Å². The second kappa shape index (κ2) is 11.4. The molecule has 0 aliphatic carbocycles. The first kappa shape index (κ1) is 26.8. The Bertz CT molecular complexity index is 1110. The van der Waals surface area contributed by atoms with Crippen LogP contribution in [0.4, 0.5) is 0 Å². The van der Waals surface area contributed by atoms with Gasteiger partial charge in [0.1, 0.15) is 17.1 Å². The highest BCUT2D eigenvalue weighted by Gasteiger charge is 2.42. The van der Waals surface area contributed by atoms with E-state index in [0.29, 0.717) is 32.7 Å². The molecule has 1 fully saturated rings. The molecule has 2 aromatic carbocycles. The van der Waals surface area contributed by atoms with Crippen molar-refractivity contribution >= 4 is 34.9 Å². The van der Waals surface area contributed by atoms with Gasteiger partial charge in [0.2, 0.25) is 5.78 Å². The predicted octanol–water partition coefficient (Wildman–Crippen LogP) is 6.18. The SMILES string of the molecule is CCC(CCCN1CCC(NC(=O)c2ccc(Cl)c(Cl)c2)CC1)Oc1cccc2c1C(=O)C(C)(C)O2. The van der Waals surface area contributed by atoms with E-state index in [0.717, 1.165) is 51.7 Å².